The average molecular weight is 236 g/mol. The van der Waals surface area contributed by atoms with E-state index in [-0.39, 0.29) is 0 Å². The summed E-state index contributed by atoms with van der Waals surface area (Å²) in [5.74, 6) is 1.71. The van der Waals surface area contributed by atoms with Gasteiger partial charge in [-0.3, -0.25) is 4.90 Å². The number of nitrogens with zero attached hydrogens (tertiary/aromatic N) is 1. The van der Waals surface area contributed by atoms with Crippen molar-refractivity contribution in [3.63, 3.8) is 0 Å². The lowest BCUT2D eigenvalue weighted by atomic mass is 9.96. The maximum absolute atomic E-state index is 3.50. The van der Waals surface area contributed by atoms with Gasteiger partial charge in [0.15, 0.2) is 0 Å². The Morgan fingerprint density at radius 1 is 1.50 bits per heavy atom. The minimum absolute atomic E-state index is 0.851. The van der Waals surface area contributed by atoms with Crippen LogP contribution in [-0.4, -0.2) is 31.1 Å². The first-order chi connectivity index (χ1) is 7.83. The van der Waals surface area contributed by atoms with Crippen molar-refractivity contribution in [3.8, 4) is 0 Å². The third kappa shape index (κ3) is 2.04. The molecule has 0 aromatic carbocycles. The molecule has 16 heavy (non-hydrogen) atoms. The predicted molar refractivity (Wildman–Crippen MR) is 68.8 cm³/mol. The van der Waals surface area contributed by atoms with Crippen molar-refractivity contribution < 1.29 is 0 Å². The summed E-state index contributed by atoms with van der Waals surface area (Å²) in [7, 11) is 0. The SMILES string of the molecule is CC1CNCC1CN1CCc2sccc2C1. The van der Waals surface area contributed by atoms with Crippen molar-refractivity contribution in [1.82, 2.24) is 10.2 Å². The third-order valence-electron chi connectivity index (χ3n) is 4.06. The zero-order valence-electron chi connectivity index (χ0n) is 9.91. The monoisotopic (exact) mass is 236 g/mol. The lowest BCUT2D eigenvalue weighted by Gasteiger charge is -2.30. The summed E-state index contributed by atoms with van der Waals surface area (Å²) >= 11 is 1.93. The summed E-state index contributed by atoms with van der Waals surface area (Å²) in [6, 6.07) is 2.31. The van der Waals surface area contributed by atoms with Crippen molar-refractivity contribution in [2.24, 2.45) is 11.8 Å². The highest BCUT2D eigenvalue weighted by Gasteiger charge is 2.26. The number of fused-ring (bicyclic) bond motifs is 1. The smallest absolute Gasteiger partial charge is 0.0245 e. The Morgan fingerprint density at radius 2 is 2.44 bits per heavy atom. The second-order valence-corrected chi connectivity index (χ2v) is 6.25. The summed E-state index contributed by atoms with van der Waals surface area (Å²) in [4.78, 5) is 4.26. The van der Waals surface area contributed by atoms with Gasteiger partial charge in [0.05, 0.1) is 0 Å². The Labute approximate surface area is 102 Å². The normalized spacial score (nSPS) is 30.6. The highest BCUT2D eigenvalue weighted by atomic mass is 32.1. The van der Waals surface area contributed by atoms with Gasteiger partial charge in [-0.15, -0.1) is 11.3 Å². The van der Waals surface area contributed by atoms with Crippen LogP contribution in [0.25, 0.3) is 0 Å². The van der Waals surface area contributed by atoms with Gasteiger partial charge in [-0.25, -0.2) is 0 Å². The van der Waals surface area contributed by atoms with Crippen LogP contribution in [0.15, 0.2) is 11.4 Å². The highest BCUT2D eigenvalue weighted by Crippen LogP contribution is 2.26. The van der Waals surface area contributed by atoms with Crippen LogP contribution in [-0.2, 0) is 13.0 Å². The number of hydrogen-bond acceptors (Lipinski definition) is 3. The van der Waals surface area contributed by atoms with Gasteiger partial charge in [0, 0.05) is 24.5 Å². The average Bonchev–Trinajstić information content (AvgIpc) is 2.88. The van der Waals surface area contributed by atoms with E-state index in [2.05, 4.69) is 28.6 Å². The van der Waals surface area contributed by atoms with E-state index in [0.717, 1.165) is 11.8 Å². The van der Waals surface area contributed by atoms with Crippen LogP contribution in [0.3, 0.4) is 0 Å². The number of nitrogens with one attached hydrogen (secondary N) is 1. The molecule has 0 amide bonds. The van der Waals surface area contributed by atoms with Crippen LogP contribution in [0.1, 0.15) is 17.4 Å². The summed E-state index contributed by atoms with van der Waals surface area (Å²) < 4.78 is 0. The van der Waals surface area contributed by atoms with Crippen LogP contribution in [0, 0.1) is 11.8 Å². The van der Waals surface area contributed by atoms with Crippen LogP contribution < -0.4 is 5.32 Å². The second-order valence-electron chi connectivity index (χ2n) is 5.25. The molecule has 0 saturated carbocycles. The fraction of sp³-hybridized carbons (Fsp3) is 0.692. The van der Waals surface area contributed by atoms with E-state index >= 15 is 0 Å². The number of hydrogen-bond donors (Lipinski definition) is 1. The molecule has 88 valence electrons. The molecular formula is C13H20N2S. The quantitative estimate of drug-likeness (QED) is 0.844. The fourth-order valence-electron chi connectivity index (χ4n) is 2.90. The molecule has 3 heteroatoms. The van der Waals surface area contributed by atoms with Crippen molar-refractivity contribution in [2.75, 3.05) is 26.2 Å². The van der Waals surface area contributed by atoms with Crippen LogP contribution in [0.5, 0.6) is 0 Å². The highest BCUT2D eigenvalue weighted by molar-refractivity contribution is 7.10. The summed E-state index contributed by atoms with van der Waals surface area (Å²) in [5, 5.41) is 5.75. The van der Waals surface area contributed by atoms with Gasteiger partial charge in [0.2, 0.25) is 0 Å². The second kappa shape index (κ2) is 4.47. The first-order valence-electron chi connectivity index (χ1n) is 6.31. The fourth-order valence-corrected chi connectivity index (χ4v) is 3.79. The Morgan fingerprint density at radius 3 is 3.25 bits per heavy atom. The minimum Gasteiger partial charge on any atom is -0.316 e. The first-order valence-corrected chi connectivity index (χ1v) is 7.19. The van der Waals surface area contributed by atoms with E-state index in [4.69, 9.17) is 0 Å². The molecule has 2 unspecified atom stereocenters. The minimum atomic E-state index is 0.851. The molecular weight excluding hydrogens is 216 g/mol. The van der Waals surface area contributed by atoms with Gasteiger partial charge >= 0.3 is 0 Å². The first kappa shape index (κ1) is 10.8. The Balaban J connectivity index is 1.61. The molecule has 3 rings (SSSR count). The Hall–Kier alpha value is -0.380. The molecule has 0 aliphatic carbocycles. The van der Waals surface area contributed by atoms with Crippen molar-refractivity contribution in [3.05, 3.63) is 21.9 Å². The molecule has 1 N–H and O–H groups in total. The summed E-state index contributed by atoms with van der Waals surface area (Å²) in [6.07, 6.45) is 1.27. The standard InChI is InChI=1S/C13H20N2S/c1-10-6-14-7-12(10)9-15-4-2-13-11(8-15)3-5-16-13/h3,5,10,12,14H,2,4,6-9H2,1H3. The van der Waals surface area contributed by atoms with Crippen molar-refractivity contribution >= 4 is 11.3 Å². The van der Waals surface area contributed by atoms with Gasteiger partial charge in [0.1, 0.15) is 0 Å². The van der Waals surface area contributed by atoms with Gasteiger partial charge in [-0.05, 0) is 48.4 Å². The van der Waals surface area contributed by atoms with Crippen LogP contribution in [0.2, 0.25) is 0 Å². The van der Waals surface area contributed by atoms with Gasteiger partial charge in [-0.2, -0.15) is 0 Å². The lowest BCUT2D eigenvalue weighted by molar-refractivity contribution is 0.204. The molecule has 1 aromatic heterocycles. The summed E-state index contributed by atoms with van der Waals surface area (Å²) in [6.45, 7) is 8.53. The van der Waals surface area contributed by atoms with Gasteiger partial charge in [0.25, 0.3) is 0 Å². The molecule has 3 heterocycles. The molecule has 1 saturated heterocycles. The third-order valence-corrected chi connectivity index (χ3v) is 5.08. The zero-order valence-corrected chi connectivity index (χ0v) is 10.7. The van der Waals surface area contributed by atoms with Crippen molar-refractivity contribution in [2.45, 2.75) is 19.9 Å². The van der Waals surface area contributed by atoms with E-state index in [1.165, 1.54) is 39.1 Å². The van der Waals surface area contributed by atoms with Crippen LogP contribution >= 0.6 is 11.3 Å². The largest absolute Gasteiger partial charge is 0.316 e. The number of thiophene rings is 1. The molecule has 1 fully saturated rings. The molecule has 2 atom stereocenters. The molecule has 0 bridgehead atoms. The van der Waals surface area contributed by atoms with E-state index in [1.807, 2.05) is 11.3 Å². The maximum Gasteiger partial charge on any atom is 0.0245 e. The molecule has 0 radical (unpaired) electrons. The molecule has 1 aromatic rings. The van der Waals surface area contributed by atoms with E-state index in [0.29, 0.717) is 0 Å². The predicted octanol–water partition coefficient (Wildman–Crippen LogP) is 1.96. The van der Waals surface area contributed by atoms with E-state index in [1.54, 1.807) is 10.4 Å². The van der Waals surface area contributed by atoms with E-state index < -0.39 is 0 Å². The molecule has 2 nitrogen and oxygen atoms in total. The van der Waals surface area contributed by atoms with Crippen LogP contribution in [0.4, 0.5) is 0 Å². The van der Waals surface area contributed by atoms with E-state index in [9.17, 15) is 0 Å². The Bertz CT molecular complexity index is 361. The van der Waals surface area contributed by atoms with Gasteiger partial charge in [-0.1, -0.05) is 6.92 Å². The maximum atomic E-state index is 3.50. The number of rotatable bonds is 2. The Kier molecular flexibility index (Phi) is 3.01. The molecule has 2 aliphatic rings. The molecule has 2 aliphatic heterocycles. The van der Waals surface area contributed by atoms with Crippen molar-refractivity contribution in [1.29, 1.82) is 0 Å². The zero-order chi connectivity index (χ0) is 11.0. The lowest BCUT2D eigenvalue weighted by Crippen LogP contribution is -2.35. The van der Waals surface area contributed by atoms with Gasteiger partial charge < -0.3 is 5.32 Å². The molecule has 0 spiro atoms. The summed E-state index contributed by atoms with van der Waals surface area (Å²) in [5.41, 5.74) is 1.58. The topological polar surface area (TPSA) is 15.3 Å².